The van der Waals surface area contributed by atoms with Crippen molar-refractivity contribution in [2.24, 2.45) is 0 Å². The molecule has 1 aliphatic carbocycles. The Bertz CT molecular complexity index is 187. The van der Waals surface area contributed by atoms with Crippen LogP contribution in [-0.2, 0) is 9.09 Å². The van der Waals surface area contributed by atoms with Gasteiger partial charge in [-0.25, -0.2) is 4.57 Å². The molecule has 5 nitrogen and oxygen atoms in total. The highest BCUT2D eigenvalue weighted by atomic mass is 31.2. The smallest absolute Gasteiger partial charge is 0.342 e. The molecule has 0 aliphatic heterocycles. The Kier molecular flexibility index (Phi) is 4.35. The quantitative estimate of drug-likeness (QED) is 0.426. The van der Waals surface area contributed by atoms with Crippen LogP contribution in [0.25, 0.3) is 0 Å². The van der Waals surface area contributed by atoms with Crippen molar-refractivity contribution in [3.8, 4) is 0 Å². The van der Waals surface area contributed by atoms with E-state index < -0.39 is 7.82 Å². The van der Waals surface area contributed by atoms with Crippen molar-refractivity contribution in [3.05, 3.63) is 0 Å². The fraction of sp³-hybridized carbons (Fsp3) is 1.00. The Balaban J connectivity index is 1.97. The number of phosphoric ester groups is 1. The molecule has 1 rings (SSSR count). The van der Waals surface area contributed by atoms with E-state index in [1.807, 2.05) is 0 Å². The van der Waals surface area contributed by atoms with Gasteiger partial charge in [0.2, 0.25) is 0 Å². The highest BCUT2D eigenvalue weighted by Gasteiger charge is 2.18. The Hall–Kier alpha value is 0.0700. The van der Waals surface area contributed by atoms with Crippen LogP contribution in [-0.4, -0.2) is 29.0 Å². The summed E-state index contributed by atoms with van der Waals surface area (Å²) in [6.45, 7) is 0.760. The van der Waals surface area contributed by atoms with E-state index in [1.165, 1.54) is 25.7 Å². The number of rotatable bonds is 5. The van der Waals surface area contributed by atoms with Crippen LogP contribution in [0.5, 0.6) is 0 Å². The molecule has 13 heavy (non-hydrogen) atoms. The maximum absolute atomic E-state index is 10.3. The van der Waals surface area contributed by atoms with Crippen LogP contribution < -0.4 is 5.32 Å². The van der Waals surface area contributed by atoms with E-state index in [-0.39, 0.29) is 6.61 Å². The van der Waals surface area contributed by atoms with E-state index in [2.05, 4.69) is 9.84 Å². The Morgan fingerprint density at radius 2 is 2.00 bits per heavy atom. The number of nitrogens with two attached hydrogens (primary N) is 1. The zero-order valence-electron chi connectivity index (χ0n) is 7.56. The third-order valence-corrected chi connectivity index (χ3v) is 2.80. The molecule has 1 aliphatic rings. The second-order valence-electron chi connectivity index (χ2n) is 3.39. The van der Waals surface area contributed by atoms with Gasteiger partial charge in [-0.1, -0.05) is 0 Å². The average molecular weight is 210 g/mol. The highest BCUT2D eigenvalue weighted by molar-refractivity contribution is 7.46. The summed E-state index contributed by atoms with van der Waals surface area (Å²) in [5, 5.41) is 2.11. The van der Waals surface area contributed by atoms with Gasteiger partial charge in [0.25, 0.3) is 0 Å². The first kappa shape index (κ1) is 11.1. The van der Waals surface area contributed by atoms with Gasteiger partial charge in [0.15, 0.2) is 0 Å². The van der Waals surface area contributed by atoms with E-state index in [9.17, 15) is 4.57 Å². The molecule has 1 fully saturated rings. The van der Waals surface area contributed by atoms with Crippen LogP contribution in [0.2, 0.25) is 0 Å². The highest BCUT2D eigenvalue weighted by Crippen LogP contribution is 2.34. The molecular weight excluding hydrogens is 193 g/mol. The van der Waals surface area contributed by atoms with Gasteiger partial charge in [0, 0.05) is 0 Å². The fourth-order valence-electron chi connectivity index (χ4n) is 1.67. The number of hydrogen-bond acceptors (Lipinski definition) is 2. The van der Waals surface area contributed by atoms with Crippen LogP contribution >= 0.6 is 7.82 Å². The standard InChI is InChI=1S/C7H16NO4P/c9-13(10,11)12-6-5-8-7-3-1-2-4-7/h7-8H,1-6H2,(H2,9,10,11)/p+1. The first-order valence-electron chi connectivity index (χ1n) is 4.61. The molecule has 1 saturated carbocycles. The molecule has 6 heteroatoms. The van der Waals surface area contributed by atoms with Crippen molar-refractivity contribution < 1.29 is 24.2 Å². The molecule has 0 spiro atoms. The van der Waals surface area contributed by atoms with Crippen LogP contribution in [0.4, 0.5) is 0 Å². The minimum Gasteiger partial charge on any atom is -0.342 e. The summed E-state index contributed by atoms with van der Waals surface area (Å²) in [6, 6.07) is 0.639. The zero-order valence-corrected chi connectivity index (χ0v) is 8.45. The molecule has 0 heterocycles. The molecule has 0 radical (unpaired) electrons. The molecule has 0 bridgehead atoms. The summed E-state index contributed by atoms with van der Waals surface area (Å²) in [7, 11) is -4.25. The van der Waals surface area contributed by atoms with Crippen molar-refractivity contribution in [3.63, 3.8) is 0 Å². The molecule has 0 amide bonds. The van der Waals surface area contributed by atoms with Crippen molar-refractivity contribution >= 4 is 7.82 Å². The molecule has 78 valence electrons. The summed E-state index contributed by atoms with van der Waals surface area (Å²) in [4.78, 5) is 16.8. The van der Waals surface area contributed by atoms with Crippen molar-refractivity contribution in [1.29, 1.82) is 0 Å². The van der Waals surface area contributed by atoms with E-state index in [1.54, 1.807) is 0 Å². The summed E-state index contributed by atoms with van der Waals surface area (Å²) in [5.41, 5.74) is 0. The number of quaternary nitrogens is 1. The number of hydrogen-bond donors (Lipinski definition) is 3. The van der Waals surface area contributed by atoms with Gasteiger partial charge < -0.3 is 15.1 Å². The predicted octanol–water partition coefficient (Wildman–Crippen LogP) is -0.398. The van der Waals surface area contributed by atoms with Gasteiger partial charge in [0.1, 0.15) is 13.2 Å². The third-order valence-electron chi connectivity index (χ3n) is 2.28. The summed E-state index contributed by atoms with van der Waals surface area (Å²) < 4.78 is 14.6. The molecule has 0 aromatic heterocycles. The number of phosphoric acid groups is 1. The Labute approximate surface area is 77.7 Å². The second kappa shape index (κ2) is 5.08. The van der Waals surface area contributed by atoms with Crippen LogP contribution in [0.1, 0.15) is 25.7 Å². The van der Waals surface area contributed by atoms with E-state index >= 15 is 0 Å². The van der Waals surface area contributed by atoms with Crippen molar-refractivity contribution in [2.45, 2.75) is 31.7 Å². The topological polar surface area (TPSA) is 83.4 Å². The minimum atomic E-state index is -4.25. The van der Waals surface area contributed by atoms with Gasteiger partial charge in [-0.3, -0.25) is 4.52 Å². The van der Waals surface area contributed by atoms with Gasteiger partial charge in [-0.15, -0.1) is 0 Å². The van der Waals surface area contributed by atoms with Crippen LogP contribution in [0, 0.1) is 0 Å². The van der Waals surface area contributed by atoms with E-state index in [0.717, 1.165) is 0 Å². The van der Waals surface area contributed by atoms with E-state index in [0.29, 0.717) is 12.6 Å². The summed E-state index contributed by atoms with van der Waals surface area (Å²) in [6.07, 6.45) is 4.99. The lowest BCUT2D eigenvalue weighted by atomic mass is 10.2. The van der Waals surface area contributed by atoms with Crippen LogP contribution in [0.15, 0.2) is 0 Å². The monoisotopic (exact) mass is 210 g/mol. The lowest BCUT2D eigenvalue weighted by molar-refractivity contribution is -0.688. The SMILES string of the molecule is O=P(O)(O)OCC[NH2+]C1CCCC1. The Morgan fingerprint density at radius 1 is 1.38 bits per heavy atom. The first-order chi connectivity index (χ1) is 6.08. The van der Waals surface area contributed by atoms with Gasteiger partial charge in [0.05, 0.1) is 6.04 Å². The predicted molar refractivity (Wildman–Crippen MR) is 47.0 cm³/mol. The minimum absolute atomic E-state index is 0.126. The normalized spacial score (nSPS) is 19.5. The molecule has 0 aromatic carbocycles. The Morgan fingerprint density at radius 3 is 2.54 bits per heavy atom. The van der Waals surface area contributed by atoms with E-state index in [4.69, 9.17) is 9.79 Å². The maximum atomic E-state index is 10.3. The fourth-order valence-corrected chi connectivity index (χ4v) is 2.01. The zero-order chi connectivity index (χ0) is 9.73. The molecule has 4 N–H and O–H groups in total. The average Bonchev–Trinajstić information content (AvgIpc) is 2.48. The first-order valence-corrected chi connectivity index (χ1v) is 6.14. The molecule has 0 unspecified atom stereocenters. The van der Waals surface area contributed by atoms with Crippen molar-refractivity contribution in [2.75, 3.05) is 13.2 Å². The lowest BCUT2D eigenvalue weighted by Crippen LogP contribution is -2.90. The molecule has 0 aromatic rings. The second-order valence-corrected chi connectivity index (χ2v) is 4.63. The molecule has 0 atom stereocenters. The lowest BCUT2D eigenvalue weighted by Gasteiger charge is -2.08. The summed E-state index contributed by atoms with van der Waals surface area (Å²) in [5.74, 6) is 0. The summed E-state index contributed by atoms with van der Waals surface area (Å²) >= 11 is 0. The molecular formula is C7H17NO4P+. The third kappa shape index (κ3) is 5.39. The van der Waals surface area contributed by atoms with Crippen LogP contribution in [0.3, 0.4) is 0 Å². The van der Waals surface area contributed by atoms with Crippen molar-refractivity contribution in [1.82, 2.24) is 0 Å². The largest absolute Gasteiger partial charge is 0.469 e. The van der Waals surface area contributed by atoms with Gasteiger partial charge >= 0.3 is 7.82 Å². The van der Waals surface area contributed by atoms with Gasteiger partial charge in [-0.2, -0.15) is 0 Å². The molecule has 0 saturated heterocycles. The maximum Gasteiger partial charge on any atom is 0.469 e. The van der Waals surface area contributed by atoms with Gasteiger partial charge in [-0.05, 0) is 25.7 Å².